The molecule has 0 saturated heterocycles. The van der Waals surface area contributed by atoms with Crippen molar-refractivity contribution in [1.82, 2.24) is 4.90 Å². The first-order valence-electron chi connectivity index (χ1n) is 10.5. The second-order valence-corrected chi connectivity index (χ2v) is 8.23. The molecule has 0 saturated carbocycles. The number of nitrogens with one attached hydrogen (secondary N) is 1. The predicted octanol–water partition coefficient (Wildman–Crippen LogP) is 5.02. The molecule has 8 heteroatoms. The van der Waals surface area contributed by atoms with Gasteiger partial charge < -0.3 is 15.0 Å². The summed E-state index contributed by atoms with van der Waals surface area (Å²) in [6.07, 6.45) is 0.316. The first-order chi connectivity index (χ1) is 14.9. The molecule has 0 fully saturated rings. The average molecular weight is 433 g/mol. The molecule has 4 nitrogen and oxygen atoms in total. The molecule has 0 bridgehead atoms. The summed E-state index contributed by atoms with van der Waals surface area (Å²) in [7, 11) is 0. The average Bonchev–Trinajstić information content (AvgIpc) is 3.06. The van der Waals surface area contributed by atoms with Crippen molar-refractivity contribution in [2.24, 2.45) is 0 Å². The fourth-order valence-electron chi connectivity index (χ4n) is 4.81. The van der Waals surface area contributed by atoms with Gasteiger partial charge in [-0.2, -0.15) is 0 Å². The van der Waals surface area contributed by atoms with Gasteiger partial charge in [0.1, 0.15) is 17.7 Å². The summed E-state index contributed by atoms with van der Waals surface area (Å²) in [6, 6.07) is 9.27. The highest BCUT2D eigenvalue weighted by molar-refractivity contribution is 5.80. The van der Waals surface area contributed by atoms with Gasteiger partial charge in [0.15, 0.2) is 0 Å². The number of anilines is 2. The van der Waals surface area contributed by atoms with E-state index in [1.165, 1.54) is 12.1 Å². The van der Waals surface area contributed by atoms with Crippen LogP contribution in [0, 0.1) is 5.82 Å². The number of halogens is 4. The largest absolute Gasteiger partial charge is 0.573 e. The van der Waals surface area contributed by atoms with Crippen molar-refractivity contribution in [3.05, 3.63) is 59.4 Å². The third kappa shape index (κ3) is 4.21. The number of nitrogens with zero attached hydrogens (tertiary/aromatic N) is 2. The molecule has 2 aromatic carbocycles. The van der Waals surface area contributed by atoms with Gasteiger partial charge in [0.2, 0.25) is 0 Å². The van der Waals surface area contributed by atoms with Gasteiger partial charge in [0, 0.05) is 26.2 Å². The molecule has 0 aromatic heterocycles. The van der Waals surface area contributed by atoms with Crippen LogP contribution in [0.1, 0.15) is 24.0 Å². The van der Waals surface area contributed by atoms with E-state index in [1.54, 1.807) is 24.3 Å². The SMILES string of the molecule is Fc1cc2c3c(c1)NC(CN1CC=C(c4ccc(OC(F)(F)F)cc4)CC1)N3CCC2. The molecular weight excluding hydrogens is 410 g/mol. The second-order valence-electron chi connectivity index (χ2n) is 8.23. The van der Waals surface area contributed by atoms with Gasteiger partial charge >= 0.3 is 6.36 Å². The van der Waals surface area contributed by atoms with E-state index in [-0.39, 0.29) is 17.7 Å². The molecule has 3 aliphatic heterocycles. The van der Waals surface area contributed by atoms with Crippen LogP contribution in [-0.4, -0.2) is 43.6 Å². The van der Waals surface area contributed by atoms with Gasteiger partial charge in [0.05, 0.1) is 11.4 Å². The Morgan fingerprint density at radius 1 is 1.06 bits per heavy atom. The molecule has 1 N–H and O–H groups in total. The van der Waals surface area contributed by atoms with Crippen LogP contribution < -0.4 is 15.0 Å². The number of hydrogen-bond donors (Lipinski definition) is 1. The molecule has 1 atom stereocenters. The zero-order chi connectivity index (χ0) is 21.6. The minimum absolute atomic E-state index is 0.115. The number of hydrogen-bond acceptors (Lipinski definition) is 4. The van der Waals surface area contributed by atoms with Crippen molar-refractivity contribution in [1.29, 1.82) is 0 Å². The van der Waals surface area contributed by atoms with Crippen LogP contribution in [0.3, 0.4) is 0 Å². The smallest absolute Gasteiger partial charge is 0.406 e. The Bertz CT molecular complexity index is 1000. The van der Waals surface area contributed by atoms with E-state index in [0.29, 0.717) is 0 Å². The van der Waals surface area contributed by atoms with Gasteiger partial charge in [-0.05, 0) is 60.2 Å². The molecule has 2 aromatic rings. The highest BCUT2D eigenvalue weighted by atomic mass is 19.4. The monoisotopic (exact) mass is 433 g/mol. The zero-order valence-corrected chi connectivity index (χ0v) is 16.9. The lowest BCUT2D eigenvalue weighted by Crippen LogP contribution is -2.47. The molecule has 5 rings (SSSR count). The molecule has 3 aliphatic rings. The Labute approximate surface area is 178 Å². The van der Waals surface area contributed by atoms with Gasteiger partial charge in [-0.25, -0.2) is 4.39 Å². The summed E-state index contributed by atoms with van der Waals surface area (Å²) in [5.74, 6) is -0.403. The molecule has 31 heavy (non-hydrogen) atoms. The fourth-order valence-corrected chi connectivity index (χ4v) is 4.81. The maximum atomic E-state index is 13.9. The molecule has 0 aliphatic carbocycles. The van der Waals surface area contributed by atoms with Crippen LogP contribution >= 0.6 is 0 Å². The topological polar surface area (TPSA) is 27.7 Å². The normalized spacial score (nSPS) is 20.8. The number of rotatable bonds is 4. The Hall–Kier alpha value is -2.74. The summed E-state index contributed by atoms with van der Waals surface area (Å²) in [6.45, 7) is 3.40. The number of aryl methyl sites for hydroxylation is 1. The van der Waals surface area contributed by atoms with Gasteiger partial charge in [0.25, 0.3) is 0 Å². The first kappa shape index (κ1) is 20.2. The third-order valence-corrected chi connectivity index (χ3v) is 6.17. The quantitative estimate of drug-likeness (QED) is 0.686. The lowest BCUT2D eigenvalue weighted by molar-refractivity contribution is -0.274. The highest BCUT2D eigenvalue weighted by Crippen LogP contribution is 2.42. The molecule has 164 valence electrons. The van der Waals surface area contributed by atoms with E-state index in [2.05, 4.69) is 25.9 Å². The standard InChI is InChI=1S/C23H23F4N3O/c24-18-12-17-2-1-9-30-21(28-20(13-18)22(17)30)14-29-10-7-16(8-11-29)15-3-5-19(6-4-15)31-23(25,26)27/h3-7,12-13,21,28H,1-2,8-11,14H2. The summed E-state index contributed by atoms with van der Waals surface area (Å²) < 4.78 is 54.8. The molecule has 3 heterocycles. The van der Waals surface area contributed by atoms with Crippen LogP contribution in [0.25, 0.3) is 5.57 Å². The third-order valence-electron chi connectivity index (χ3n) is 6.17. The van der Waals surface area contributed by atoms with E-state index in [9.17, 15) is 17.6 Å². The van der Waals surface area contributed by atoms with Crippen molar-refractivity contribution >= 4 is 16.9 Å². The Morgan fingerprint density at radius 2 is 1.87 bits per heavy atom. The van der Waals surface area contributed by atoms with E-state index in [1.807, 2.05) is 0 Å². The number of ether oxygens (including phenoxy) is 1. The fraction of sp³-hybridized carbons (Fsp3) is 0.391. The highest BCUT2D eigenvalue weighted by Gasteiger charge is 2.35. The van der Waals surface area contributed by atoms with Crippen LogP contribution in [-0.2, 0) is 6.42 Å². The molecular formula is C23H23F4N3O. The predicted molar refractivity (Wildman–Crippen MR) is 112 cm³/mol. The molecule has 0 spiro atoms. The van der Waals surface area contributed by atoms with Crippen molar-refractivity contribution < 1.29 is 22.3 Å². The Kier molecular flexibility index (Phi) is 5.04. The van der Waals surface area contributed by atoms with Crippen LogP contribution in [0.4, 0.5) is 28.9 Å². The van der Waals surface area contributed by atoms with E-state index < -0.39 is 6.36 Å². The Balaban J connectivity index is 1.23. The van der Waals surface area contributed by atoms with Crippen molar-refractivity contribution in [3.63, 3.8) is 0 Å². The number of alkyl halides is 3. The van der Waals surface area contributed by atoms with Gasteiger partial charge in [-0.15, -0.1) is 13.2 Å². The molecule has 0 radical (unpaired) electrons. The summed E-state index contributed by atoms with van der Waals surface area (Å²) in [5.41, 5.74) is 5.15. The van der Waals surface area contributed by atoms with E-state index >= 15 is 0 Å². The summed E-state index contributed by atoms with van der Waals surface area (Å²) >= 11 is 0. The van der Waals surface area contributed by atoms with Crippen LogP contribution in [0.2, 0.25) is 0 Å². The molecule has 0 amide bonds. The van der Waals surface area contributed by atoms with E-state index in [0.717, 1.165) is 73.5 Å². The van der Waals surface area contributed by atoms with Crippen molar-refractivity contribution in [2.75, 3.05) is 36.4 Å². The Morgan fingerprint density at radius 3 is 2.58 bits per heavy atom. The minimum Gasteiger partial charge on any atom is -0.406 e. The zero-order valence-electron chi connectivity index (χ0n) is 16.9. The first-order valence-corrected chi connectivity index (χ1v) is 10.5. The lowest BCUT2D eigenvalue weighted by atomic mass is 9.99. The minimum atomic E-state index is -4.68. The summed E-state index contributed by atoms with van der Waals surface area (Å²) in [4.78, 5) is 4.70. The van der Waals surface area contributed by atoms with Crippen LogP contribution in [0.15, 0.2) is 42.5 Å². The second kappa shape index (κ2) is 7.75. The molecule has 1 unspecified atom stereocenters. The number of benzene rings is 2. The lowest BCUT2D eigenvalue weighted by Gasteiger charge is -2.35. The van der Waals surface area contributed by atoms with Gasteiger partial charge in [-0.1, -0.05) is 18.2 Å². The van der Waals surface area contributed by atoms with Crippen LogP contribution in [0.5, 0.6) is 5.75 Å². The van der Waals surface area contributed by atoms with E-state index in [4.69, 9.17) is 0 Å². The maximum absolute atomic E-state index is 13.9. The van der Waals surface area contributed by atoms with Crippen molar-refractivity contribution in [3.8, 4) is 5.75 Å². The van der Waals surface area contributed by atoms with Gasteiger partial charge in [-0.3, -0.25) is 4.90 Å². The van der Waals surface area contributed by atoms with Crippen molar-refractivity contribution in [2.45, 2.75) is 31.8 Å². The maximum Gasteiger partial charge on any atom is 0.573 e. The summed E-state index contributed by atoms with van der Waals surface area (Å²) in [5, 5.41) is 3.49.